The second kappa shape index (κ2) is 7.11. The fourth-order valence-corrected chi connectivity index (χ4v) is 4.97. The molecule has 3 rings (SSSR count). The molecule has 2 heterocycles. The zero-order valence-electron chi connectivity index (χ0n) is 14.2. The minimum absolute atomic E-state index is 0.140. The normalized spacial score (nSPS) is 18.0. The van der Waals surface area contributed by atoms with Gasteiger partial charge in [0.1, 0.15) is 6.07 Å². The van der Waals surface area contributed by atoms with E-state index < -0.39 is 21.9 Å². The molecule has 8 heteroatoms. The van der Waals surface area contributed by atoms with Crippen LogP contribution in [0.1, 0.15) is 24.1 Å². The van der Waals surface area contributed by atoms with Crippen molar-refractivity contribution in [2.45, 2.75) is 30.7 Å². The van der Waals surface area contributed by atoms with Crippen molar-refractivity contribution in [3.8, 4) is 17.3 Å². The number of nitriles is 1. The van der Waals surface area contributed by atoms with Crippen molar-refractivity contribution in [3.63, 3.8) is 0 Å². The van der Waals surface area contributed by atoms with Crippen molar-refractivity contribution in [3.05, 3.63) is 47.4 Å². The molecule has 1 aromatic carbocycles. The molecule has 0 saturated carbocycles. The lowest BCUT2D eigenvalue weighted by Gasteiger charge is -2.22. The first-order chi connectivity index (χ1) is 12.4. The number of aromatic nitrogens is 1. The van der Waals surface area contributed by atoms with E-state index >= 15 is 0 Å². The summed E-state index contributed by atoms with van der Waals surface area (Å²) in [5.74, 6) is -0.697. The van der Waals surface area contributed by atoms with Gasteiger partial charge in [-0.25, -0.2) is 17.8 Å². The summed E-state index contributed by atoms with van der Waals surface area (Å²) in [6.45, 7) is 1.92. The Bertz CT molecular complexity index is 986. The van der Waals surface area contributed by atoms with Gasteiger partial charge in [0, 0.05) is 18.2 Å². The number of pyridine rings is 1. The van der Waals surface area contributed by atoms with Crippen LogP contribution in [0.3, 0.4) is 0 Å². The molecular weight excluding hydrogens is 357 g/mol. The Morgan fingerprint density at radius 2 is 2.15 bits per heavy atom. The minimum Gasteiger partial charge on any atom is -0.395 e. The first-order valence-corrected chi connectivity index (χ1v) is 9.63. The lowest BCUT2D eigenvalue weighted by atomic mass is 10.1. The quantitative estimate of drug-likeness (QED) is 0.884. The van der Waals surface area contributed by atoms with Crippen molar-refractivity contribution in [1.82, 2.24) is 9.29 Å². The highest BCUT2D eigenvalue weighted by Crippen LogP contribution is 2.29. The number of hydrogen-bond acceptors (Lipinski definition) is 5. The molecule has 0 spiro atoms. The number of hydrogen-bond donors (Lipinski definition) is 1. The lowest BCUT2D eigenvalue weighted by molar-refractivity contribution is 0.213. The van der Waals surface area contributed by atoms with Gasteiger partial charge in [-0.15, -0.1) is 0 Å². The molecule has 26 heavy (non-hydrogen) atoms. The van der Waals surface area contributed by atoms with Crippen LogP contribution in [0.4, 0.5) is 4.39 Å². The van der Waals surface area contributed by atoms with Crippen LogP contribution in [-0.4, -0.2) is 42.0 Å². The molecular formula is C18H18FN3O3S. The summed E-state index contributed by atoms with van der Waals surface area (Å²) in [4.78, 5) is 4.13. The number of aliphatic hydroxyl groups is 1. The fourth-order valence-electron chi connectivity index (χ4n) is 3.20. The van der Waals surface area contributed by atoms with Gasteiger partial charge in [-0.05, 0) is 49.6 Å². The average Bonchev–Trinajstić information content (AvgIpc) is 3.12. The topological polar surface area (TPSA) is 94.3 Å². The Balaban J connectivity index is 1.99. The molecule has 0 aliphatic carbocycles. The van der Waals surface area contributed by atoms with E-state index in [2.05, 4.69) is 4.98 Å². The molecule has 136 valence electrons. The first-order valence-electron chi connectivity index (χ1n) is 8.19. The Hall–Kier alpha value is -2.34. The zero-order valence-corrected chi connectivity index (χ0v) is 15.0. The Morgan fingerprint density at radius 3 is 2.81 bits per heavy atom. The Kier molecular flexibility index (Phi) is 5.05. The highest BCUT2D eigenvalue weighted by Gasteiger charge is 2.35. The summed E-state index contributed by atoms with van der Waals surface area (Å²) < 4.78 is 40.5. The van der Waals surface area contributed by atoms with E-state index in [0.717, 1.165) is 6.42 Å². The van der Waals surface area contributed by atoms with Gasteiger partial charge < -0.3 is 5.11 Å². The predicted molar refractivity (Wildman–Crippen MR) is 93.1 cm³/mol. The summed E-state index contributed by atoms with van der Waals surface area (Å²) in [6.07, 6.45) is 1.36. The van der Waals surface area contributed by atoms with Gasteiger partial charge in [0.2, 0.25) is 10.0 Å². The smallest absolute Gasteiger partial charge is 0.243 e. The number of rotatable bonds is 4. The highest BCUT2D eigenvalue weighted by atomic mass is 32.2. The molecule has 0 radical (unpaired) electrons. The van der Waals surface area contributed by atoms with Crippen molar-refractivity contribution < 1.29 is 17.9 Å². The fraction of sp³-hybridized carbons (Fsp3) is 0.333. The van der Waals surface area contributed by atoms with Crippen LogP contribution in [0.2, 0.25) is 0 Å². The van der Waals surface area contributed by atoms with Gasteiger partial charge in [-0.2, -0.15) is 9.57 Å². The molecule has 1 aliphatic rings. The van der Waals surface area contributed by atoms with Gasteiger partial charge in [0.25, 0.3) is 0 Å². The number of benzene rings is 1. The summed E-state index contributed by atoms with van der Waals surface area (Å²) in [6, 6.07) is 8.54. The highest BCUT2D eigenvalue weighted by molar-refractivity contribution is 7.89. The van der Waals surface area contributed by atoms with Crippen molar-refractivity contribution in [2.24, 2.45) is 0 Å². The second-order valence-corrected chi connectivity index (χ2v) is 8.10. The van der Waals surface area contributed by atoms with Gasteiger partial charge in [0.15, 0.2) is 11.5 Å². The van der Waals surface area contributed by atoms with Crippen molar-refractivity contribution in [2.75, 3.05) is 13.2 Å². The monoisotopic (exact) mass is 375 g/mol. The summed E-state index contributed by atoms with van der Waals surface area (Å²) >= 11 is 0. The van der Waals surface area contributed by atoms with Gasteiger partial charge in [-0.3, -0.25) is 0 Å². The summed E-state index contributed by atoms with van der Waals surface area (Å²) in [5, 5.41) is 18.3. The van der Waals surface area contributed by atoms with Gasteiger partial charge in [0.05, 0.1) is 17.2 Å². The standard InChI is InChI=1S/C18H18FN3O3S/c1-12-9-14(26(24,25)22-8-2-3-13(22)11-23)4-5-15(12)17-7-6-16(19)18(10-20)21-17/h4-7,9,13,23H,2-3,8,11H2,1H3. The van der Waals surface area contributed by atoms with Gasteiger partial charge in [-0.1, -0.05) is 6.07 Å². The van der Waals surface area contributed by atoms with E-state index in [0.29, 0.717) is 29.8 Å². The van der Waals surface area contributed by atoms with Crippen LogP contribution in [0.5, 0.6) is 0 Å². The number of halogens is 1. The predicted octanol–water partition coefficient (Wildman–Crippen LogP) is 2.21. The van der Waals surface area contributed by atoms with Crippen molar-refractivity contribution >= 4 is 10.0 Å². The molecule has 6 nitrogen and oxygen atoms in total. The largest absolute Gasteiger partial charge is 0.395 e. The molecule has 0 amide bonds. The van der Waals surface area contributed by atoms with Crippen LogP contribution in [0.15, 0.2) is 35.2 Å². The SMILES string of the molecule is Cc1cc(S(=O)(=O)N2CCCC2CO)ccc1-c1ccc(F)c(C#N)n1. The third kappa shape index (κ3) is 3.21. The van der Waals surface area contributed by atoms with Crippen molar-refractivity contribution in [1.29, 1.82) is 5.26 Å². The van der Waals surface area contributed by atoms with E-state index in [4.69, 9.17) is 5.26 Å². The molecule has 1 aliphatic heterocycles. The maximum Gasteiger partial charge on any atom is 0.243 e. The molecule has 1 aromatic heterocycles. The van der Waals surface area contributed by atoms with Crippen LogP contribution in [-0.2, 0) is 10.0 Å². The molecule has 1 saturated heterocycles. The summed E-state index contributed by atoms with van der Waals surface area (Å²) in [7, 11) is -3.70. The van der Waals surface area contributed by atoms with E-state index in [9.17, 15) is 17.9 Å². The molecule has 1 atom stereocenters. The van der Waals surface area contributed by atoms with Crippen LogP contribution in [0, 0.1) is 24.1 Å². The summed E-state index contributed by atoms with van der Waals surface area (Å²) in [5.41, 5.74) is 1.37. The third-order valence-electron chi connectivity index (χ3n) is 4.57. The number of nitrogens with zero attached hydrogens (tertiary/aromatic N) is 3. The maximum absolute atomic E-state index is 13.5. The Labute approximate surface area is 151 Å². The third-order valence-corrected chi connectivity index (χ3v) is 6.51. The van der Waals surface area contributed by atoms with Crippen LogP contribution in [0.25, 0.3) is 11.3 Å². The van der Waals surface area contributed by atoms with E-state index in [1.807, 2.05) is 0 Å². The van der Waals surface area contributed by atoms with E-state index in [1.165, 1.54) is 28.6 Å². The molecule has 2 aromatic rings. The molecule has 1 unspecified atom stereocenters. The maximum atomic E-state index is 13.5. The average molecular weight is 375 g/mol. The van der Waals surface area contributed by atoms with E-state index in [1.54, 1.807) is 19.1 Å². The van der Waals surface area contributed by atoms with E-state index in [-0.39, 0.29) is 17.2 Å². The minimum atomic E-state index is -3.70. The molecule has 1 fully saturated rings. The molecule has 0 bridgehead atoms. The molecule has 1 N–H and O–H groups in total. The first kappa shape index (κ1) is 18.5. The van der Waals surface area contributed by atoms with Crippen LogP contribution >= 0.6 is 0 Å². The number of aliphatic hydroxyl groups excluding tert-OH is 1. The van der Waals surface area contributed by atoms with Crippen LogP contribution < -0.4 is 0 Å². The number of aryl methyl sites for hydroxylation is 1. The second-order valence-electron chi connectivity index (χ2n) is 6.21. The Morgan fingerprint density at radius 1 is 1.38 bits per heavy atom. The lowest BCUT2D eigenvalue weighted by Crippen LogP contribution is -2.37. The number of sulfonamides is 1. The zero-order chi connectivity index (χ0) is 18.9. The van der Waals surface area contributed by atoms with Gasteiger partial charge >= 0.3 is 0 Å².